The third-order valence-electron chi connectivity index (χ3n) is 2.25. The number of rotatable bonds is 5. The van der Waals surface area contributed by atoms with Crippen LogP contribution in [0.1, 0.15) is 12.8 Å². The average molecular weight is 239 g/mol. The Kier molecular flexibility index (Phi) is 5.31. The van der Waals surface area contributed by atoms with Crippen molar-refractivity contribution in [2.45, 2.75) is 24.5 Å². The van der Waals surface area contributed by atoms with Gasteiger partial charge in [0.15, 0.2) is 0 Å². The monoisotopic (exact) mass is 239 g/mol. The van der Waals surface area contributed by atoms with E-state index in [1.807, 2.05) is 0 Å². The fourth-order valence-electron chi connectivity index (χ4n) is 1.55. The topological polar surface area (TPSA) is 40.5 Å². The molecule has 6 heteroatoms. The van der Waals surface area contributed by atoms with Gasteiger partial charge in [-0.1, -0.05) is 0 Å². The molecular weight excluding hydrogens is 224 g/mol. The van der Waals surface area contributed by atoms with E-state index in [-0.39, 0.29) is 24.3 Å². The lowest BCUT2D eigenvalue weighted by Gasteiger charge is -2.23. The van der Waals surface area contributed by atoms with Crippen molar-refractivity contribution in [1.82, 2.24) is 4.90 Å². The molecular formula is C9H15F2NO2S. The first-order valence-corrected chi connectivity index (χ1v) is 5.99. The van der Waals surface area contributed by atoms with Gasteiger partial charge in [0.2, 0.25) is 5.91 Å². The van der Waals surface area contributed by atoms with Crippen LogP contribution < -0.4 is 0 Å². The molecule has 0 radical (unpaired) electrons. The van der Waals surface area contributed by atoms with Crippen molar-refractivity contribution in [2.75, 3.05) is 25.4 Å². The highest BCUT2D eigenvalue weighted by Crippen LogP contribution is 2.27. The Morgan fingerprint density at radius 2 is 2.33 bits per heavy atom. The summed E-state index contributed by atoms with van der Waals surface area (Å²) in [4.78, 5) is 12.8. The molecule has 1 aliphatic rings. The molecule has 1 saturated heterocycles. The first kappa shape index (κ1) is 12.7. The number of carbonyl (C=O) groups is 1. The number of halogens is 2. The zero-order chi connectivity index (χ0) is 11.3. The van der Waals surface area contributed by atoms with Crippen LogP contribution in [0, 0.1) is 0 Å². The van der Waals surface area contributed by atoms with Gasteiger partial charge in [0.1, 0.15) is 0 Å². The standard InChI is InChI=1S/C9H15F2NO2S/c10-8(11)6-12(3-4-13)9(14)7-2-1-5-15-7/h7-8,13H,1-6H2. The van der Waals surface area contributed by atoms with Crippen LogP contribution in [0.5, 0.6) is 0 Å². The maximum Gasteiger partial charge on any atom is 0.255 e. The van der Waals surface area contributed by atoms with Gasteiger partial charge in [-0.3, -0.25) is 4.79 Å². The average Bonchev–Trinajstić information content (AvgIpc) is 2.68. The number of amides is 1. The third-order valence-corrected chi connectivity index (χ3v) is 3.61. The largest absolute Gasteiger partial charge is 0.395 e. The van der Waals surface area contributed by atoms with Gasteiger partial charge in [0.25, 0.3) is 6.43 Å². The molecule has 1 unspecified atom stereocenters. The van der Waals surface area contributed by atoms with Crippen molar-refractivity contribution in [3.63, 3.8) is 0 Å². The summed E-state index contributed by atoms with van der Waals surface area (Å²) in [6.07, 6.45) is -0.816. The Hall–Kier alpha value is -0.360. The normalized spacial score (nSPS) is 20.9. The van der Waals surface area contributed by atoms with E-state index in [4.69, 9.17) is 5.11 Å². The second-order valence-electron chi connectivity index (χ2n) is 3.40. The van der Waals surface area contributed by atoms with Crippen LogP contribution in [0.2, 0.25) is 0 Å². The summed E-state index contributed by atoms with van der Waals surface area (Å²) >= 11 is 1.51. The number of hydrogen-bond donors (Lipinski definition) is 1. The van der Waals surface area contributed by atoms with E-state index in [1.165, 1.54) is 11.8 Å². The SMILES string of the molecule is O=C(C1CCCS1)N(CCO)CC(F)F. The minimum Gasteiger partial charge on any atom is -0.395 e. The maximum absolute atomic E-state index is 12.2. The molecule has 0 bridgehead atoms. The molecule has 1 amide bonds. The number of aliphatic hydroxyl groups is 1. The Balaban J connectivity index is 2.49. The molecule has 1 atom stereocenters. The fourth-order valence-corrected chi connectivity index (χ4v) is 2.80. The molecule has 0 saturated carbocycles. The van der Waals surface area contributed by atoms with E-state index in [0.29, 0.717) is 0 Å². The minimum absolute atomic E-state index is 0.000231. The molecule has 0 aliphatic carbocycles. The highest BCUT2D eigenvalue weighted by atomic mass is 32.2. The smallest absolute Gasteiger partial charge is 0.255 e. The summed E-state index contributed by atoms with van der Waals surface area (Å²) in [5.74, 6) is 0.657. The first-order valence-electron chi connectivity index (χ1n) is 4.94. The molecule has 0 aromatic heterocycles. The molecule has 15 heavy (non-hydrogen) atoms. The number of nitrogens with zero attached hydrogens (tertiary/aromatic N) is 1. The van der Waals surface area contributed by atoms with Crippen LogP contribution in [0.3, 0.4) is 0 Å². The number of carbonyl (C=O) groups excluding carboxylic acids is 1. The molecule has 1 fully saturated rings. The van der Waals surface area contributed by atoms with Gasteiger partial charge in [-0.15, -0.1) is 11.8 Å². The predicted octanol–water partition coefficient (Wildman–Crippen LogP) is 0.968. The second-order valence-corrected chi connectivity index (χ2v) is 4.71. The Labute approximate surface area is 91.8 Å². The highest BCUT2D eigenvalue weighted by Gasteiger charge is 2.28. The second kappa shape index (κ2) is 6.27. The summed E-state index contributed by atoms with van der Waals surface area (Å²) in [7, 11) is 0. The first-order chi connectivity index (χ1) is 7.15. The van der Waals surface area contributed by atoms with Crippen LogP contribution in [0.4, 0.5) is 8.78 Å². The third kappa shape index (κ3) is 3.95. The summed E-state index contributed by atoms with van der Waals surface area (Å²) in [5.41, 5.74) is 0. The predicted molar refractivity (Wildman–Crippen MR) is 55.1 cm³/mol. The van der Waals surface area contributed by atoms with Crippen molar-refractivity contribution < 1.29 is 18.7 Å². The van der Waals surface area contributed by atoms with Crippen LogP contribution in [-0.4, -0.2) is 53.0 Å². The number of alkyl halides is 2. The van der Waals surface area contributed by atoms with Crippen LogP contribution in [0.25, 0.3) is 0 Å². The molecule has 1 N–H and O–H groups in total. The molecule has 0 spiro atoms. The van der Waals surface area contributed by atoms with Gasteiger partial charge in [-0.05, 0) is 18.6 Å². The van der Waals surface area contributed by atoms with Crippen molar-refractivity contribution >= 4 is 17.7 Å². The summed E-state index contributed by atoms with van der Waals surface area (Å²) < 4.78 is 24.3. The van der Waals surface area contributed by atoms with Gasteiger partial charge in [0, 0.05) is 6.54 Å². The maximum atomic E-state index is 12.2. The Bertz CT molecular complexity index is 210. The zero-order valence-corrected chi connectivity index (χ0v) is 9.18. The quantitative estimate of drug-likeness (QED) is 0.777. The van der Waals surface area contributed by atoms with Crippen molar-refractivity contribution in [3.8, 4) is 0 Å². The zero-order valence-electron chi connectivity index (χ0n) is 8.36. The lowest BCUT2D eigenvalue weighted by molar-refractivity contribution is -0.133. The summed E-state index contributed by atoms with van der Waals surface area (Å²) in [6.45, 7) is -0.841. The van der Waals surface area contributed by atoms with Gasteiger partial charge in [-0.2, -0.15) is 0 Å². The van der Waals surface area contributed by atoms with Crippen LogP contribution in [-0.2, 0) is 4.79 Å². The lowest BCUT2D eigenvalue weighted by Crippen LogP contribution is -2.41. The van der Waals surface area contributed by atoms with E-state index in [9.17, 15) is 13.6 Å². The van der Waals surface area contributed by atoms with Crippen LogP contribution in [0.15, 0.2) is 0 Å². The van der Waals surface area contributed by atoms with Crippen molar-refractivity contribution in [3.05, 3.63) is 0 Å². The van der Waals surface area contributed by atoms with E-state index >= 15 is 0 Å². The number of aliphatic hydroxyl groups excluding tert-OH is 1. The Morgan fingerprint density at radius 3 is 2.80 bits per heavy atom. The number of thioether (sulfide) groups is 1. The van der Waals surface area contributed by atoms with Gasteiger partial charge >= 0.3 is 0 Å². The van der Waals surface area contributed by atoms with Gasteiger partial charge in [0.05, 0.1) is 18.4 Å². The fraction of sp³-hybridized carbons (Fsp3) is 0.889. The molecule has 3 nitrogen and oxygen atoms in total. The molecule has 1 heterocycles. The minimum atomic E-state index is -2.54. The van der Waals surface area contributed by atoms with Gasteiger partial charge in [-0.25, -0.2) is 8.78 Å². The van der Waals surface area contributed by atoms with Crippen LogP contribution >= 0.6 is 11.8 Å². The molecule has 1 aliphatic heterocycles. The number of hydrogen-bond acceptors (Lipinski definition) is 3. The van der Waals surface area contributed by atoms with Crippen molar-refractivity contribution in [1.29, 1.82) is 0 Å². The van der Waals surface area contributed by atoms with Gasteiger partial charge < -0.3 is 10.0 Å². The Morgan fingerprint density at radius 1 is 1.60 bits per heavy atom. The lowest BCUT2D eigenvalue weighted by atomic mass is 10.2. The molecule has 0 aromatic rings. The van der Waals surface area contributed by atoms with E-state index in [1.54, 1.807) is 0 Å². The summed E-state index contributed by atoms with van der Waals surface area (Å²) in [6, 6.07) is 0. The van der Waals surface area contributed by atoms with E-state index < -0.39 is 13.0 Å². The van der Waals surface area contributed by atoms with E-state index in [2.05, 4.69) is 0 Å². The molecule has 1 rings (SSSR count). The molecule has 88 valence electrons. The van der Waals surface area contributed by atoms with E-state index in [0.717, 1.165) is 23.5 Å². The highest BCUT2D eigenvalue weighted by molar-refractivity contribution is 8.00. The molecule has 0 aromatic carbocycles. The van der Waals surface area contributed by atoms with Crippen molar-refractivity contribution in [2.24, 2.45) is 0 Å². The summed E-state index contributed by atoms with van der Waals surface area (Å²) in [5, 5.41) is 8.51.